The molecule has 0 aliphatic rings. The number of carbonyl (C=O) groups excluding carboxylic acids is 1. The molecule has 1 amide bonds. The molecule has 1 N–H and O–H groups in total. The maximum Gasteiger partial charge on any atom is 0.251 e. The van der Waals surface area contributed by atoms with Gasteiger partial charge in [0.2, 0.25) is 5.88 Å². The zero-order valence-electron chi connectivity index (χ0n) is 20.5. The van der Waals surface area contributed by atoms with Crippen molar-refractivity contribution in [2.45, 2.75) is 13.0 Å². The van der Waals surface area contributed by atoms with Crippen LogP contribution in [-0.2, 0) is 13.0 Å². The van der Waals surface area contributed by atoms with Crippen LogP contribution >= 0.6 is 23.2 Å². The molecule has 0 aliphatic carbocycles. The summed E-state index contributed by atoms with van der Waals surface area (Å²) in [6.07, 6.45) is 0.681. The molecular formula is C29H26Cl2N2O4. The van der Waals surface area contributed by atoms with Gasteiger partial charge in [-0.3, -0.25) is 4.79 Å². The summed E-state index contributed by atoms with van der Waals surface area (Å²) in [4.78, 5) is 17.4. The van der Waals surface area contributed by atoms with Crippen molar-refractivity contribution in [3.63, 3.8) is 0 Å². The number of pyridine rings is 1. The fourth-order valence-electron chi connectivity index (χ4n) is 3.72. The molecule has 1 heterocycles. The summed E-state index contributed by atoms with van der Waals surface area (Å²) in [6, 6.07) is 23.9. The number of methoxy groups -OCH3 is 2. The molecule has 37 heavy (non-hydrogen) atoms. The lowest BCUT2D eigenvalue weighted by Crippen LogP contribution is -2.22. The predicted molar refractivity (Wildman–Crippen MR) is 146 cm³/mol. The van der Waals surface area contributed by atoms with E-state index < -0.39 is 0 Å². The predicted octanol–water partition coefficient (Wildman–Crippen LogP) is 6.62. The third kappa shape index (κ3) is 6.94. The van der Waals surface area contributed by atoms with Gasteiger partial charge in [-0.1, -0.05) is 53.5 Å². The average molecular weight is 537 g/mol. The molecule has 0 aliphatic heterocycles. The number of rotatable bonds is 10. The van der Waals surface area contributed by atoms with Crippen molar-refractivity contribution >= 4 is 29.1 Å². The molecule has 0 radical (unpaired) electrons. The molecule has 4 aromatic rings. The van der Waals surface area contributed by atoms with Crippen molar-refractivity contribution in [2.24, 2.45) is 0 Å². The van der Waals surface area contributed by atoms with E-state index in [0.29, 0.717) is 58.3 Å². The first kappa shape index (κ1) is 26.3. The highest BCUT2D eigenvalue weighted by molar-refractivity contribution is 6.42. The highest BCUT2D eigenvalue weighted by atomic mass is 35.5. The summed E-state index contributed by atoms with van der Waals surface area (Å²) in [5.74, 6) is 1.68. The summed E-state index contributed by atoms with van der Waals surface area (Å²) in [5.41, 5.74) is 3.97. The summed E-state index contributed by atoms with van der Waals surface area (Å²) in [6.45, 7) is 0.782. The van der Waals surface area contributed by atoms with Crippen molar-refractivity contribution in [3.05, 3.63) is 106 Å². The summed E-state index contributed by atoms with van der Waals surface area (Å²) in [5, 5.41) is 3.84. The lowest BCUT2D eigenvalue weighted by atomic mass is 10.1. The van der Waals surface area contributed by atoms with Crippen LogP contribution in [-0.4, -0.2) is 31.7 Å². The van der Waals surface area contributed by atoms with E-state index in [2.05, 4.69) is 10.3 Å². The van der Waals surface area contributed by atoms with E-state index in [1.807, 2.05) is 54.6 Å². The number of hydrogen-bond acceptors (Lipinski definition) is 5. The number of hydrogen-bond donors (Lipinski definition) is 1. The topological polar surface area (TPSA) is 69.7 Å². The Kier molecular flexibility index (Phi) is 8.88. The largest absolute Gasteiger partial charge is 0.493 e. The van der Waals surface area contributed by atoms with Gasteiger partial charge in [0.25, 0.3) is 5.91 Å². The first-order valence-corrected chi connectivity index (χ1v) is 12.4. The first-order valence-electron chi connectivity index (χ1n) is 11.6. The highest BCUT2D eigenvalue weighted by Gasteiger charge is 2.10. The van der Waals surface area contributed by atoms with Gasteiger partial charge < -0.3 is 19.5 Å². The van der Waals surface area contributed by atoms with E-state index in [1.54, 1.807) is 38.5 Å². The number of benzene rings is 3. The molecule has 1 aromatic heterocycles. The Hall–Kier alpha value is -3.74. The Morgan fingerprint density at radius 1 is 0.838 bits per heavy atom. The van der Waals surface area contributed by atoms with Crippen molar-refractivity contribution in [1.29, 1.82) is 0 Å². The fraction of sp³-hybridized carbons (Fsp3) is 0.172. The van der Waals surface area contributed by atoms with Crippen molar-refractivity contribution in [2.75, 3.05) is 20.8 Å². The molecule has 3 aromatic carbocycles. The molecule has 0 unspecified atom stereocenters. The third-order valence-corrected chi connectivity index (χ3v) is 6.41. The third-order valence-electron chi connectivity index (χ3n) is 5.67. The SMILES string of the molecule is COc1ccc(CCOc2cccc(-c3cccc(C(=O)NCc4ccc(Cl)c(Cl)c4)c3)n2)cc1OC. The number of carbonyl (C=O) groups is 1. The number of ether oxygens (including phenoxy) is 3. The molecule has 6 nitrogen and oxygen atoms in total. The van der Waals surface area contributed by atoms with Gasteiger partial charge in [0, 0.05) is 30.2 Å². The van der Waals surface area contributed by atoms with Gasteiger partial charge in [-0.05, 0) is 53.6 Å². The summed E-state index contributed by atoms with van der Waals surface area (Å²) in [7, 11) is 3.22. The maximum atomic E-state index is 12.8. The standard InChI is InChI=1S/C29H26Cl2N2O4/c1-35-26-12-10-19(16-27(26)36-2)13-14-37-28-8-4-7-25(33-28)21-5-3-6-22(17-21)29(34)32-18-20-9-11-23(30)24(31)15-20/h3-12,15-17H,13-14,18H2,1-2H3,(H,32,34). The molecular weight excluding hydrogens is 511 g/mol. The number of amides is 1. The second-order valence-corrected chi connectivity index (χ2v) is 8.98. The average Bonchev–Trinajstić information content (AvgIpc) is 2.93. The molecule has 0 atom stereocenters. The van der Waals surface area contributed by atoms with E-state index in [-0.39, 0.29) is 5.91 Å². The van der Waals surface area contributed by atoms with Crippen LogP contribution in [0, 0.1) is 0 Å². The van der Waals surface area contributed by atoms with Crippen LogP contribution in [0.1, 0.15) is 21.5 Å². The van der Waals surface area contributed by atoms with Crippen LogP contribution in [0.25, 0.3) is 11.3 Å². The van der Waals surface area contributed by atoms with Gasteiger partial charge in [0.15, 0.2) is 11.5 Å². The second kappa shape index (κ2) is 12.5. The minimum absolute atomic E-state index is 0.199. The van der Waals surface area contributed by atoms with Crippen molar-refractivity contribution in [3.8, 4) is 28.6 Å². The van der Waals surface area contributed by atoms with Gasteiger partial charge in [-0.25, -0.2) is 4.98 Å². The number of halogens is 2. The summed E-state index contributed by atoms with van der Waals surface area (Å²) >= 11 is 12.0. The van der Waals surface area contributed by atoms with E-state index in [1.165, 1.54) is 0 Å². The molecule has 4 rings (SSSR count). The lowest BCUT2D eigenvalue weighted by Gasteiger charge is -2.11. The Morgan fingerprint density at radius 2 is 1.62 bits per heavy atom. The second-order valence-electron chi connectivity index (χ2n) is 8.16. The maximum absolute atomic E-state index is 12.8. The smallest absolute Gasteiger partial charge is 0.251 e. The van der Waals surface area contributed by atoms with E-state index >= 15 is 0 Å². The molecule has 0 spiro atoms. The van der Waals surface area contributed by atoms with Crippen LogP contribution in [0.4, 0.5) is 0 Å². The number of nitrogens with one attached hydrogen (secondary N) is 1. The Balaban J connectivity index is 1.38. The summed E-state index contributed by atoms with van der Waals surface area (Å²) < 4.78 is 16.6. The van der Waals surface area contributed by atoms with Crippen LogP contribution in [0.3, 0.4) is 0 Å². The first-order chi connectivity index (χ1) is 18.0. The number of aromatic nitrogens is 1. The molecule has 190 valence electrons. The zero-order valence-corrected chi connectivity index (χ0v) is 22.0. The quantitative estimate of drug-likeness (QED) is 0.246. The molecule has 0 fully saturated rings. The Morgan fingerprint density at radius 3 is 2.41 bits per heavy atom. The fourth-order valence-corrected chi connectivity index (χ4v) is 4.04. The van der Waals surface area contributed by atoms with Gasteiger partial charge >= 0.3 is 0 Å². The lowest BCUT2D eigenvalue weighted by molar-refractivity contribution is 0.0951. The van der Waals surface area contributed by atoms with Crippen molar-refractivity contribution < 1.29 is 19.0 Å². The van der Waals surface area contributed by atoms with E-state index in [9.17, 15) is 4.79 Å². The molecule has 0 saturated carbocycles. The van der Waals surface area contributed by atoms with Crippen LogP contribution in [0.5, 0.6) is 17.4 Å². The van der Waals surface area contributed by atoms with Gasteiger partial charge in [0.1, 0.15) is 0 Å². The molecule has 0 saturated heterocycles. The normalized spacial score (nSPS) is 10.6. The van der Waals surface area contributed by atoms with Crippen LogP contribution in [0.2, 0.25) is 10.0 Å². The molecule has 0 bridgehead atoms. The highest BCUT2D eigenvalue weighted by Crippen LogP contribution is 2.28. The van der Waals surface area contributed by atoms with Crippen LogP contribution in [0.15, 0.2) is 78.9 Å². The van der Waals surface area contributed by atoms with Crippen molar-refractivity contribution in [1.82, 2.24) is 10.3 Å². The molecule has 8 heteroatoms. The zero-order chi connectivity index (χ0) is 26.2. The Labute approximate surface area is 226 Å². The van der Waals surface area contributed by atoms with Gasteiger partial charge in [-0.15, -0.1) is 0 Å². The minimum Gasteiger partial charge on any atom is -0.493 e. The number of nitrogens with zero attached hydrogens (tertiary/aromatic N) is 1. The van der Waals surface area contributed by atoms with E-state index in [4.69, 9.17) is 37.4 Å². The van der Waals surface area contributed by atoms with E-state index in [0.717, 1.165) is 16.7 Å². The monoisotopic (exact) mass is 536 g/mol. The minimum atomic E-state index is -0.199. The van der Waals surface area contributed by atoms with Crippen LogP contribution < -0.4 is 19.5 Å². The Bertz CT molecular complexity index is 1390. The van der Waals surface area contributed by atoms with Gasteiger partial charge in [0.05, 0.1) is 36.6 Å². The van der Waals surface area contributed by atoms with Gasteiger partial charge in [-0.2, -0.15) is 0 Å².